The van der Waals surface area contributed by atoms with Crippen LogP contribution in [0.15, 0.2) is 195 Å². The summed E-state index contributed by atoms with van der Waals surface area (Å²) in [6, 6.07) is 61.6. The zero-order valence-electron chi connectivity index (χ0n) is 36.1. The van der Waals surface area contributed by atoms with Crippen LogP contribution in [0, 0.1) is 0 Å². The molecule has 0 radical (unpaired) electrons. The fourth-order valence-corrected chi connectivity index (χ4v) is 8.90. The van der Waals surface area contributed by atoms with Gasteiger partial charge < -0.3 is 29.0 Å². The van der Waals surface area contributed by atoms with Crippen molar-refractivity contribution in [1.29, 1.82) is 0 Å². The van der Waals surface area contributed by atoms with Crippen molar-refractivity contribution in [1.82, 2.24) is 14.6 Å². The van der Waals surface area contributed by atoms with Gasteiger partial charge in [0.05, 0.1) is 39.2 Å². The van der Waals surface area contributed by atoms with Crippen molar-refractivity contribution in [2.45, 2.75) is 56.2 Å². The molecule has 0 unspecified atom stereocenters. The van der Waals surface area contributed by atoms with Crippen molar-refractivity contribution in [3.63, 3.8) is 0 Å². The highest BCUT2D eigenvalue weighted by Gasteiger charge is 2.57. The van der Waals surface area contributed by atoms with E-state index in [1.165, 1.54) is 0 Å². The van der Waals surface area contributed by atoms with E-state index in [2.05, 4.69) is 122 Å². The van der Waals surface area contributed by atoms with E-state index in [1.807, 2.05) is 89.5 Å². The minimum absolute atomic E-state index is 0.271. The molecule has 0 aliphatic carbocycles. The number of ether oxygens (including phenoxy) is 5. The fourth-order valence-electron chi connectivity index (χ4n) is 8.90. The SMILES string of the molecule is C=Cc1cc([C@@H]2O[C@H](COCc3ccccc3)[C@@H](OCc3ccccc3)[C@@]2(C)OCc2ccccc2)n2ncnc(NC(c3ccccc3)(c3ccccc3)c3ccc(OC)cc3)c12. The Hall–Kier alpha value is -6.88. The summed E-state index contributed by atoms with van der Waals surface area (Å²) in [5.74, 6) is 1.36. The number of nitrogens with one attached hydrogen (secondary N) is 1. The van der Waals surface area contributed by atoms with E-state index in [0.717, 1.165) is 55.9 Å². The lowest BCUT2D eigenvalue weighted by molar-refractivity contribution is -0.148. The molecule has 64 heavy (non-hydrogen) atoms. The van der Waals surface area contributed by atoms with Crippen LogP contribution in [-0.2, 0) is 44.3 Å². The maximum absolute atomic E-state index is 7.20. The molecule has 2 aromatic heterocycles. The lowest BCUT2D eigenvalue weighted by Gasteiger charge is -2.37. The van der Waals surface area contributed by atoms with E-state index in [4.69, 9.17) is 33.8 Å². The lowest BCUT2D eigenvalue weighted by atomic mass is 9.77. The third-order valence-corrected chi connectivity index (χ3v) is 12.1. The average molecular weight is 849 g/mol. The van der Waals surface area contributed by atoms with Gasteiger partial charge in [-0.1, -0.05) is 176 Å². The Morgan fingerprint density at radius 1 is 0.703 bits per heavy atom. The topological polar surface area (TPSA) is 88.4 Å². The number of methoxy groups -OCH3 is 1. The van der Waals surface area contributed by atoms with Crippen LogP contribution in [0.3, 0.4) is 0 Å². The second kappa shape index (κ2) is 19.2. The predicted octanol–water partition coefficient (Wildman–Crippen LogP) is 11.0. The van der Waals surface area contributed by atoms with Gasteiger partial charge in [-0.25, -0.2) is 9.50 Å². The molecule has 1 saturated heterocycles. The largest absolute Gasteiger partial charge is 0.497 e. The Labute approximate surface area is 374 Å². The zero-order valence-corrected chi connectivity index (χ0v) is 36.1. The van der Waals surface area contributed by atoms with Crippen LogP contribution in [0.1, 0.15) is 57.7 Å². The molecule has 8 aromatic rings. The molecule has 9 heteroatoms. The van der Waals surface area contributed by atoms with Gasteiger partial charge in [-0.2, -0.15) is 5.10 Å². The summed E-state index contributed by atoms with van der Waals surface area (Å²) in [4.78, 5) is 4.99. The summed E-state index contributed by atoms with van der Waals surface area (Å²) in [5, 5.41) is 8.94. The van der Waals surface area contributed by atoms with Gasteiger partial charge >= 0.3 is 0 Å². The normalized spacial score (nSPS) is 18.5. The number of anilines is 1. The highest BCUT2D eigenvalue weighted by atomic mass is 16.6. The van der Waals surface area contributed by atoms with Crippen LogP contribution in [0.25, 0.3) is 11.6 Å². The van der Waals surface area contributed by atoms with Gasteiger partial charge in [0, 0.05) is 5.56 Å². The first-order valence-electron chi connectivity index (χ1n) is 21.6. The van der Waals surface area contributed by atoms with Crippen molar-refractivity contribution in [3.8, 4) is 5.75 Å². The number of fused-ring (bicyclic) bond motifs is 1. The summed E-state index contributed by atoms with van der Waals surface area (Å²) in [7, 11) is 1.68. The molecule has 0 spiro atoms. The summed E-state index contributed by atoms with van der Waals surface area (Å²) in [6.45, 7) is 7.77. The third-order valence-electron chi connectivity index (χ3n) is 12.1. The average Bonchev–Trinajstić information content (AvgIpc) is 3.87. The number of aromatic nitrogens is 3. The van der Waals surface area contributed by atoms with Crippen molar-refractivity contribution >= 4 is 17.4 Å². The molecule has 3 heterocycles. The number of rotatable bonds is 18. The highest BCUT2D eigenvalue weighted by Crippen LogP contribution is 2.48. The lowest BCUT2D eigenvalue weighted by Crippen LogP contribution is -2.47. The van der Waals surface area contributed by atoms with Crippen LogP contribution in [0.5, 0.6) is 5.75 Å². The minimum atomic E-state index is -1.03. The Balaban J connectivity index is 1.17. The Bertz CT molecular complexity index is 2700. The molecule has 6 aromatic carbocycles. The van der Waals surface area contributed by atoms with Crippen LogP contribution in [-0.4, -0.2) is 46.1 Å². The van der Waals surface area contributed by atoms with Gasteiger partial charge in [0.1, 0.15) is 47.0 Å². The molecule has 0 bridgehead atoms. The molecule has 322 valence electrons. The molecule has 4 atom stereocenters. The van der Waals surface area contributed by atoms with Gasteiger partial charge in [-0.3, -0.25) is 0 Å². The van der Waals surface area contributed by atoms with Crippen LogP contribution >= 0.6 is 0 Å². The molecule has 1 N–H and O–H groups in total. The van der Waals surface area contributed by atoms with Gasteiger partial charge in [0.15, 0.2) is 5.82 Å². The van der Waals surface area contributed by atoms with Crippen LogP contribution in [0.2, 0.25) is 0 Å². The molecule has 1 fully saturated rings. The van der Waals surface area contributed by atoms with Crippen molar-refractivity contribution < 1.29 is 23.7 Å². The van der Waals surface area contributed by atoms with Crippen LogP contribution < -0.4 is 10.1 Å². The summed E-state index contributed by atoms with van der Waals surface area (Å²) >= 11 is 0. The maximum Gasteiger partial charge on any atom is 0.155 e. The quantitative estimate of drug-likeness (QED) is 0.0854. The standard InChI is InChI=1S/C55H52N4O5/c1-4-43-34-48(59-50(43)53(56-39-57-59)58-55(44-26-16-8-17-27-44,45-28-18-9-19-29-45)46-30-32-47(60-3)33-31-46)51-54(2,63-37-42-24-14-7-15-25-42)52(62-36-41-22-12-6-13-23-41)49(64-51)38-61-35-40-20-10-5-11-21-40/h4-34,39,49,51-52H,1,35-38H2,2-3H3,(H,56,57,58)/t49-,51+,52-,54+/m1/s1. The van der Waals surface area contributed by atoms with Crippen LogP contribution in [0.4, 0.5) is 5.82 Å². The fraction of sp³-hybridized carbons (Fsp3) is 0.200. The van der Waals surface area contributed by atoms with Gasteiger partial charge in [-0.05, 0) is 58.5 Å². The summed E-state index contributed by atoms with van der Waals surface area (Å²) in [6.07, 6.45) is 1.71. The smallest absolute Gasteiger partial charge is 0.155 e. The molecule has 1 aliphatic heterocycles. The third kappa shape index (κ3) is 8.59. The molecule has 1 aliphatic rings. The van der Waals surface area contributed by atoms with Gasteiger partial charge in [0.2, 0.25) is 0 Å². The first kappa shape index (κ1) is 42.4. The monoisotopic (exact) mass is 848 g/mol. The summed E-state index contributed by atoms with van der Waals surface area (Å²) in [5.41, 5.74) is 6.57. The predicted molar refractivity (Wildman–Crippen MR) is 251 cm³/mol. The van der Waals surface area contributed by atoms with E-state index in [1.54, 1.807) is 13.4 Å². The number of hydrogen-bond acceptors (Lipinski definition) is 8. The first-order valence-corrected chi connectivity index (χ1v) is 21.6. The number of nitrogens with zero attached hydrogens (tertiary/aromatic N) is 3. The molecule has 9 nitrogen and oxygen atoms in total. The number of hydrogen-bond donors (Lipinski definition) is 1. The molecule has 0 amide bonds. The molecule has 0 saturated carbocycles. The second-order valence-corrected chi connectivity index (χ2v) is 16.2. The van der Waals surface area contributed by atoms with Gasteiger partial charge in [-0.15, -0.1) is 0 Å². The Morgan fingerprint density at radius 2 is 1.23 bits per heavy atom. The zero-order chi connectivity index (χ0) is 43.8. The second-order valence-electron chi connectivity index (χ2n) is 16.2. The van der Waals surface area contributed by atoms with Gasteiger partial charge in [0.25, 0.3) is 0 Å². The Kier molecular flexibility index (Phi) is 12.8. The van der Waals surface area contributed by atoms with E-state index in [9.17, 15) is 0 Å². The van der Waals surface area contributed by atoms with E-state index < -0.39 is 29.5 Å². The Morgan fingerprint density at radius 3 is 1.80 bits per heavy atom. The van der Waals surface area contributed by atoms with Crippen molar-refractivity contribution in [3.05, 3.63) is 240 Å². The first-order chi connectivity index (χ1) is 31.5. The maximum atomic E-state index is 7.20. The molecular weight excluding hydrogens is 797 g/mol. The van der Waals surface area contributed by atoms with Crippen molar-refractivity contribution in [2.24, 2.45) is 0 Å². The van der Waals surface area contributed by atoms with E-state index in [0.29, 0.717) is 25.6 Å². The van der Waals surface area contributed by atoms with E-state index in [-0.39, 0.29) is 6.61 Å². The molecule has 9 rings (SSSR count). The summed E-state index contributed by atoms with van der Waals surface area (Å²) < 4.78 is 35.2. The van der Waals surface area contributed by atoms with Crippen molar-refractivity contribution in [2.75, 3.05) is 19.0 Å². The van der Waals surface area contributed by atoms with E-state index >= 15 is 0 Å². The minimum Gasteiger partial charge on any atom is -0.497 e. The highest BCUT2D eigenvalue weighted by molar-refractivity contribution is 5.82. The number of benzene rings is 6. The molecular formula is C55H52N4O5.